The molecule has 0 amide bonds. The lowest BCUT2D eigenvalue weighted by Crippen LogP contribution is -2.27. The number of sulfone groups is 1. The van der Waals surface area contributed by atoms with Crippen molar-refractivity contribution in [2.24, 2.45) is 0 Å². The Hall–Kier alpha value is -2.12. The standard InChI is InChI=1S/C18H21N3O3S/c1-21(2)11-3-4-12(9-11)25(23,24)13-5-6-16-15(10-13)14-7-8-19-17(14)18(22)20-16/h5-8,10-12,19H,3-4,9H2,1-2H3,(H,20,22)/t11?,12-/m1/s1. The summed E-state index contributed by atoms with van der Waals surface area (Å²) < 4.78 is 26.2. The smallest absolute Gasteiger partial charge is 0.272 e. The minimum absolute atomic E-state index is 0.201. The fraction of sp³-hybridized carbons (Fsp3) is 0.389. The van der Waals surface area contributed by atoms with E-state index in [1.165, 1.54) is 0 Å². The highest BCUT2D eigenvalue weighted by atomic mass is 32.2. The summed E-state index contributed by atoms with van der Waals surface area (Å²) in [6, 6.07) is 7.11. The molecular weight excluding hydrogens is 338 g/mol. The molecule has 3 aromatic rings. The number of benzene rings is 1. The van der Waals surface area contributed by atoms with Gasteiger partial charge in [0.1, 0.15) is 5.52 Å². The molecule has 1 aliphatic carbocycles. The van der Waals surface area contributed by atoms with Crippen molar-refractivity contribution in [1.29, 1.82) is 0 Å². The highest BCUT2D eigenvalue weighted by Crippen LogP contribution is 2.33. The molecule has 0 radical (unpaired) electrons. The van der Waals surface area contributed by atoms with Gasteiger partial charge in [0.05, 0.1) is 10.1 Å². The van der Waals surface area contributed by atoms with Crippen molar-refractivity contribution in [3.05, 3.63) is 40.8 Å². The molecular formula is C18H21N3O3S. The van der Waals surface area contributed by atoms with Crippen molar-refractivity contribution in [2.75, 3.05) is 14.1 Å². The molecule has 6 nitrogen and oxygen atoms in total. The Morgan fingerprint density at radius 3 is 2.64 bits per heavy atom. The van der Waals surface area contributed by atoms with E-state index in [9.17, 15) is 13.2 Å². The topological polar surface area (TPSA) is 86.0 Å². The number of nitrogens with one attached hydrogen (secondary N) is 2. The normalized spacial score (nSPS) is 21.6. The maximum absolute atomic E-state index is 13.1. The van der Waals surface area contributed by atoms with E-state index in [0.717, 1.165) is 17.2 Å². The summed E-state index contributed by atoms with van der Waals surface area (Å²) in [7, 11) is 0.602. The number of H-pyrrole nitrogens is 2. The molecule has 1 fully saturated rings. The summed E-state index contributed by atoms with van der Waals surface area (Å²) in [5.74, 6) is 0. The molecule has 25 heavy (non-hydrogen) atoms. The molecule has 2 N–H and O–H groups in total. The van der Waals surface area contributed by atoms with E-state index in [2.05, 4.69) is 14.9 Å². The zero-order valence-corrected chi connectivity index (χ0v) is 15.1. The van der Waals surface area contributed by atoms with Gasteiger partial charge in [0, 0.05) is 28.5 Å². The summed E-state index contributed by atoms with van der Waals surface area (Å²) in [4.78, 5) is 20.2. The number of aromatic amines is 2. The SMILES string of the molecule is CN(C)C1CC[C@@H](S(=O)(=O)c2ccc3[nH]c(=O)c4[nH]ccc4c3c2)C1. The molecule has 0 saturated heterocycles. The predicted molar refractivity (Wildman–Crippen MR) is 98.7 cm³/mol. The first kappa shape index (κ1) is 16.4. The van der Waals surface area contributed by atoms with Gasteiger partial charge in [-0.05, 0) is 57.6 Å². The molecule has 2 aromatic heterocycles. The molecule has 7 heteroatoms. The van der Waals surface area contributed by atoms with Crippen LogP contribution in [0.5, 0.6) is 0 Å². The highest BCUT2D eigenvalue weighted by Gasteiger charge is 2.36. The lowest BCUT2D eigenvalue weighted by molar-refractivity contribution is 0.299. The van der Waals surface area contributed by atoms with E-state index < -0.39 is 9.84 Å². The number of rotatable bonds is 3. The molecule has 2 atom stereocenters. The van der Waals surface area contributed by atoms with Crippen LogP contribution in [0.15, 0.2) is 40.2 Å². The van der Waals surface area contributed by atoms with Crippen LogP contribution in [0.4, 0.5) is 0 Å². The summed E-state index contributed by atoms with van der Waals surface area (Å²) in [5, 5.41) is 1.15. The van der Waals surface area contributed by atoms with Crippen molar-refractivity contribution in [2.45, 2.75) is 35.4 Å². The van der Waals surface area contributed by atoms with E-state index in [-0.39, 0.29) is 10.8 Å². The number of pyridine rings is 1. The van der Waals surface area contributed by atoms with Crippen LogP contribution in [0, 0.1) is 0 Å². The van der Waals surface area contributed by atoms with Gasteiger partial charge in [0.15, 0.2) is 9.84 Å². The van der Waals surface area contributed by atoms with Gasteiger partial charge < -0.3 is 14.9 Å². The van der Waals surface area contributed by atoms with Crippen LogP contribution in [-0.4, -0.2) is 48.7 Å². The molecule has 2 heterocycles. The second-order valence-electron chi connectivity index (χ2n) is 7.03. The summed E-state index contributed by atoms with van der Waals surface area (Å²) in [6.45, 7) is 0. The first-order chi connectivity index (χ1) is 11.9. The Morgan fingerprint density at radius 2 is 1.92 bits per heavy atom. The molecule has 4 rings (SSSR count). The Morgan fingerprint density at radius 1 is 1.12 bits per heavy atom. The van der Waals surface area contributed by atoms with Gasteiger partial charge >= 0.3 is 0 Å². The van der Waals surface area contributed by atoms with Crippen LogP contribution in [-0.2, 0) is 9.84 Å². The molecule has 132 valence electrons. The summed E-state index contributed by atoms with van der Waals surface area (Å²) in [5.41, 5.74) is 0.914. The Labute approximate surface area is 145 Å². The third-order valence-electron chi connectivity index (χ3n) is 5.36. The van der Waals surface area contributed by atoms with E-state index in [4.69, 9.17) is 0 Å². The number of hydrogen-bond donors (Lipinski definition) is 2. The summed E-state index contributed by atoms with van der Waals surface area (Å²) >= 11 is 0. The highest BCUT2D eigenvalue weighted by molar-refractivity contribution is 7.92. The van der Waals surface area contributed by atoms with Crippen LogP contribution in [0.25, 0.3) is 21.8 Å². The second-order valence-corrected chi connectivity index (χ2v) is 9.25. The Kier molecular flexibility index (Phi) is 3.73. The molecule has 1 aromatic carbocycles. The number of hydrogen-bond acceptors (Lipinski definition) is 4. The molecule has 1 saturated carbocycles. The van der Waals surface area contributed by atoms with E-state index in [1.54, 1.807) is 30.5 Å². The van der Waals surface area contributed by atoms with Gasteiger partial charge in [-0.2, -0.15) is 0 Å². The number of nitrogens with zero attached hydrogens (tertiary/aromatic N) is 1. The van der Waals surface area contributed by atoms with Crippen LogP contribution in [0.1, 0.15) is 19.3 Å². The molecule has 0 spiro atoms. The van der Waals surface area contributed by atoms with Gasteiger partial charge in [0.2, 0.25) is 0 Å². The van der Waals surface area contributed by atoms with Crippen molar-refractivity contribution in [1.82, 2.24) is 14.9 Å². The van der Waals surface area contributed by atoms with Crippen molar-refractivity contribution in [3.8, 4) is 0 Å². The van der Waals surface area contributed by atoms with Crippen LogP contribution in [0.2, 0.25) is 0 Å². The van der Waals surface area contributed by atoms with Gasteiger partial charge in [-0.25, -0.2) is 8.42 Å². The van der Waals surface area contributed by atoms with Gasteiger partial charge in [-0.1, -0.05) is 0 Å². The van der Waals surface area contributed by atoms with Gasteiger partial charge in [0.25, 0.3) is 5.56 Å². The average Bonchev–Trinajstić information content (AvgIpc) is 3.25. The Bertz CT molecular complexity index is 1110. The van der Waals surface area contributed by atoms with Gasteiger partial charge in [-0.3, -0.25) is 4.79 Å². The largest absolute Gasteiger partial charge is 0.357 e. The second kappa shape index (κ2) is 5.71. The van der Waals surface area contributed by atoms with Crippen molar-refractivity contribution in [3.63, 3.8) is 0 Å². The third kappa shape index (κ3) is 2.58. The zero-order valence-electron chi connectivity index (χ0n) is 14.2. The lowest BCUT2D eigenvalue weighted by atomic mass is 10.1. The zero-order chi connectivity index (χ0) is 17.8. The molecule has 1 unspecified atom stereocenters. The van der Waals surface area contributed by atoms with Crippen LogP contribution >= 0.6 is 0 Å². The predicted octanol–water partition coefficient (Wildman–Crippen LogP) is 2.27. The minimum Gasteiger partial charge on any atom is -0.357 e. The van der Waals surface area contributed by atoms with E-state index in [0.29, 0.717) is 34.8 Å². The molecule has 1 aliphatic rings. The molecule has 0 bridgehead atoms. The van der Waals surface area contributed by atoms with E-state index in [1.807, 2.05) is 14.1 Å². The van der Waals surface area contributed by atoms with Crippen molar-refractivity contribution >= 4 is 31.6 Å². The fourth-order valence-electron chi connectivity index (χ4n) is 3.86. The maximum atomic E-state index is 13.1. The first-order valence-corrected chi connectivity index (χ1v) is 9.96. The van der Waals surface area contributed by atoms with Crippen LogP contribution in [0.3, 0.4) is 0 Å². The quantitative estimate of drug-likeness (QED) is 0.751. The van der Waals surface area contributed by atoms with Crippen LogP contribution < -0.4 is 5.56 Å². The summed E-state index contributed by atoms with van der Waals surface area (Å²) in [6.07, 6.45) is 3.95. The first-order valence-electron chi connectivity index (χ1n) is 8.41. The lowest BCUT2D eigenvalue weighted by Gasteiger charge is -2.19. The molecule has 0 aliphatic heterocycles. The minimum atomic E-state index is -3.39. The Balaban J connectivity index is 1.81. The average molecular weight is 359 g/mol. The monoisotopic (exact) mass is 359 g/mol. The fourth-order valence-corrected chi connectivity index (χ4v) is 5.71. The third-order valence-corrected chi connectivity index (χ3v) is 7.57. The van der Waals surface area contributed by atoms with Crippen molar-refractivity contribution < 1.29 is 8.42 Å². The maximum Gasteiger partial charge on any atom is 0.272 e. The van der Waals surface area contributed by atoms with E-state index >= 15 is 0 Å². The number of fused-ring (bicyclic) bond motifs is 3. The van der Waals surface area contributed by atoms with Gasteiger partial charge in [-0.15, -0.1) is 0 Å². The number of aromatic nitrogens is 2.